The third-order valence-electron chi connectivity index (χ3n) is 9.09. The zero-order valence-electron chi connectivity index (χ0n) is 21.8. The SMILES string of the molecule is CCCCCC(CC)C(C)(C)c1cc(OC)c([C@H]2C=C(CO)[C@H]3C[C@@H]2C3(C)C)c(OC)c1. The van der Waals surface area contributed by atoms with Crippen LogP contribution in [0, 0.1) is 23.2 Å². The van der Waals surface area contributed by atoms with Crippen molar-refractivity contribution < 1.29 is 14.6 Å². The van der Waals surface area contributed by atoms with Gasteiger partial charge in [0.05, 0.1) is 20.8 Å². The molecule has 1 saturated carbocycles. The zero-order valence-corrected chi connectivity index (χ0v) is 21.8. The van der Waals surface area contributed by atoms with E-state index in [1.807, 2.05) is 0 Å². The van der Waals surface area contributed by atoms with Crippen LogP contribution >= 0.6 is 0 Å². The van der Waals surface area contributed by atoms with Gasteiger partial charge in [-0.3, -0.25) is 0 Å². The lowest BCUT2D eigenvalue weighted by molar-refractivity contribution is -0.0260. The van der Waals surface area contributed by atoms with Gasteiger partial charge in [0.1, 0.15) is 11.5 Å². The molecule has 2 bridgehead atoms. The monoisotopic (exact) mass is 442 g/mol. The number of fused-ring (bicyclic) bond motifs is 1. The maximum Gasteiger partial charge on any atom is 0.126 e. The molecule has 1 unspecified atom stereocenters. The Morgan fingerprint density at radius 2 is 1.72 bits per heavy atom. The Balaban J connectivity index is 2.04. The molecular weight excluding hydrogens is 396 g/mol. The molecule has 0 heterocycles. The van der Waals surface area contributed by atoms with Crippen molar-refractivity contribution in [1.29, 1.82) is 0 Å². The highest BCUT2D eigenvalue weighted by molar-refractivity contribution is 5.55. The maximum absolute atomic E-state index is 10.0. The number of hydrogen-bond acceptors (Lipinski definition) is 3. The van der Waals surface area contributed by atoms with E-state index in [1.165, 1.54) is 43.2 Å². The number of aliphatic hydroxyl groups excluding tert-OH is 1. The molecule has 1 aromatic carbocycles. The lowest BCUT2D eigenvalue weighted by atomic mass is 9.45. The molecule has 4 rings (SSSR count). The Bertz CT molecular complexity index is 795. The van der Waals surface area contributed by atoms with E-state index >= 15 is 0 Å². The highest BCUT2D eigenvalue weighted by Gasteiger charge is 2.56. The van der Waals surface area contributed by atoms with E-state index in [2.05, 4.69) is 59.8 Å². The van der Waals surface area contributed by atoms with Crippen LogP contribution in [0.3, 0.4) is 0 Å². The van der Waals surface area contributed by atoms with Crippen molar-refractivity contribution in [2.45, 2.75) is 91.4 Å². The number of hydrogen-bond donors (Lipinski definition) is 1. The van der Waals surface area contributed by atoms with Gasteiger partial charge in [0.2, 0.25) is 0 Å². The molecule has 0 aliphatic heterocycles. The zero-order chi connectivity index (χ0) is 23.7. The van der Waals surface area contributed by atoms with Crippen LogP contribution in [0.15, 0.2) is 23.8 Å². The van der Waals surface area contributed by atoms with Gasteiger partial charge in [0, 0.05) is 11.5 Å². The van der Waals surface area contributed by atoms with Crippen molar-refractivity contribution in [3.8, 4) is 11.5 Å². The summed E-state index contributed by atoms with van der Waals surface area (Å²) in [5, 5.41) is 10.0. The highest BCUT2D eigenvalue weighted by atomic mass is 16.5. The van der Waals surface area contributed by atoms with Crippen molar-refractivity contribution in [2.24, 2.45) is 23.2 Å². The van der Waals surface area contributed by atoms with Crippen LogP contribution in [0.25, 0.3) is 0 Å². The number of aliphatic hydroxyl groups is 1. The van der Waals surface area contributed by atoms with Gasteiger partial charge in [-0.2, -0.15) is 0 Å². The van der Waals surface area contributed by atoms with Crippen molar-refractivity contribution in [3.63, 3.8) is 0 Å². The molecule has 0 amide bonds. The molecular formula is C29H46O3. The molecule has 0 aromatic heterocycles. The topological polar surface area (TPSA) is 38.7 Å². The van der Waals surface area contributed by atoms with Crippen LogP contribution in [0.1, 0.15) is 97.1 Å². The molecule has 3 aliphatic rings. The molecule has 3 nitrogen and oxygen atoms in total. The Morgan fingerprint density at radius 3 is 2.19 bits per heavy atom. The molecule has 4 atom stereocenters. The smallest absolute Gasteiger partial charge is 0.126 e. The van der Waals surface area contributed by atoms with Crippen molar-refractivity contribution in [2.75, 3.05) is 20.8 Å². The Labute approximate surface area is 196 Å². The van der Waals surface area contributed by atoms with Gasteiger partial charge in [-0.05, 0) is 64.7 Å². The van der Waals surface area contributed by atoms with E-state index in [-0.39, 0.29) is 23.4 Å². The highest BCUT2D eigenvalue weighted by Crippen LogP contribution is 2.65. The molecule has 0 spiro atoms. The normalized spacial score (nSPS) is 25.0. The second kappa shape index (κ2) is 9.79. The molecule has 3 heteroatoms. The fourth-order valence-electron chi connectivity index (χ4n) is 6.70. The van der Waals surface area contributed by atoms with Crippen molar-refractivity contribution in [3.05, 3.63) is 34.9 Å². The van der Waals surface area contributed by atoms with Gasteiger partial charge >= 0.3 is 0 Å². The predicted molar refractivity (Wildman–Crippen MR) is 134 cm³/mol. The average Bonchev–Trinajstić information content (AvgIpc) is 2.79. The minimum absolute atomic E-state index is 0.0427. The van der Waals surface area contributed by atoms with Gasteiger partial charge in [0.25, 0.3) is 0 Å². The minimum atomic E-state index is 0.0427. The van der Waals surface area contributed by atoms with Crippen LogP contribution in [0.5, 0.6) is 11.5 Å². The minimum Gasteiger partial charge on any atom is -0.496 e. The molecule has 3 aliphatic carbocycles. The van der Waals surface area contributed by atoms with E-state index in [0.717, 1.165) is 23.5 Å². The number of unbranched alkanes of at least 4 members (excludes halogenated alkanes) is 2. The fraction of sp³-hybridized carbons (Fsp3) is 0.724. The number of allylic oxidation sites excluding steroid dienone is 1. The van der Waals surface area contributed by atoms with Crippen molar-refractivity contribution >= 4 is 0 Å². The summed E-state index contributed by atoms with van der Waals surface area (Å²) in [4.78, 5) is 0. The first-order chi connectivity index (χ1) is 15.2. The lowest BCUT2D eigenvalue weighted by Crippen LogP contribution is -2.51. The van der Waals surface area contributed by atoms with Gasteiger partial charge in [-0.25, -0.2) is 0 Å². The molecule has 0 radical (unpaired) electrons. The summed E-state index contributed by atoms with van der Waals surface area (Å²) in [7, 11) is 3.56. The second-order valence-electron chi connectivity index (χ2n) is 11.3. The molecule has 32 heavy (non-hydrogen) atoms. The molecule has 0 saturated heterocycles. The maximum atomic E-state index is 10.0. The molecule has 180 valence electrons. The number of methoxy groups -OCH3 is 2. The first kappa shape index (κ1) is 25.1. The average molecular weight is 443 g/mol. The van der Waals surface area contributed by atoms with Gasteiger partial charge in [-0.1, -0.05) is 73.3 Å². The molecule has 1 aromatic rings. The van der Waals surface area contributed by atoms with E-state index in [1.54, 1.807) is 14.2 Å². The number of ether oxygens (including phenoxy) is 2. The summed E-state index contributed by atoms with van der Waals surface area (Å²) < 4.78 is 12.0. The number of benzene rings is 1. The van der Waals surface area contributed by atoms with E-state index in [4.69, 9.17) is 9.47 Å². The lowest BCUT2D eigenvalue weighted by Gasteiger charge is -2.59. The predicted octanol–water partition coefficient (Wildman–Crippen LogP) is 7.27. The van der Waals surface area contributed by atoms with Gasteiger partial charge in [-0.15, -0.1) is 0 Å². The summed E-state index contributed by atoms with van der Waals surface area (Å²) in [5.41, 5.74) is 3.86. The fourth-order valence-corrected chi connectivity index (χ4v) is 6.70. The standard InChI is InChI=1S/C29H46O3/c1-9-11-12-13-20(10-2)28(3,4)21-15-25(31-7)27(26(16-21)32-8)22-14-19(18-30)23-17-24(22)29(23,5)6/h14-16,20,22-24,30H,9-13,17-18H2,1-8H3/t20?,22-,23+,24-/m0/s1. The quantitative estimate of drug-likeness (QED) is 0.289. The van der Waals surface area contributed by atoms with Crippen molar-refractivity contribution in [1.82, 2.24) is 0 Å². The second-order valence-corrected chi connectivity index (χ2v) is 11.3. The van der Waals surface area contributed by atoms with E-state index in [0.29, 0.717) is 17.8 Å². The summed E-state index contributed by atoms with van der Waals surface area (Å²) >= 11 is 0. The summed E-state index contributed by atoms with van der Waals surface area (Å²) in [6.07, 6.45) is 9.72. The van der Waals surface area contributed by atoms with Crippen LogP contribution in [-0.4, -0.2) is 25.9 Å². The largest absolute Gasteiger partial charge is 0.496 e. The third kappa shape index (κ3) is 4.22. The first-order valence-corrected chi connectivity index (χ1v) is 12.7. The van der Waals surface area contributed by atoms with E-state index in [9.17, 15) is 5.11 Å². The van der Waals surface area contributed by atoms with Gasteiger partial charge in [0.15, 0.2) is 0 Å². The van der Waals surface area contributed by atoms with Crippen LogP contribution in [-0.2, 0) is 5.41 Å². The third-order valence-corrected chi connectivity index (χ3v) is 9.09. The van der Waals surface area contributed by atoms with Crippen LogP contribution in [0.2, 0.25) is 0 Å². The molecule has 1 N–H and O–H groups in total. The van der Waals surface area contributed by atoms with Crippen LogP contribution in [0.4, 0.5) is 0 Å². The molecule has 1 fully saturated rings. The number of rotatable bonds is 11. The Hall–Kier alpha value is -1.48. The van der Waals surface area contributed by atoms with E-state index < -0.39 is 0 Å². The van der Waals surface area contributed by atoms with Gasteiger partial charge < -0.3 is 14.6 Å². The summed E-state index contributed by atoms with van der Waals surface area (Å²) in [6, 6.07) is 4.54. The first-order valence-electron chi connectivity index (χ1n) is 12.7. The Morgan fingerprint density at radius 1 is 1.09 bits per heavy atom. The summed E-state index contributed by atoms with van der Waals surface area (Å²) in [6.45, 7) is 14.2. The van der Waals surface area contributed by atoms with Crippen LogP contribution < -0.4 is 9.47 Å². The summed E-state index contributed by atoms with van der Waals surface area (Å²) in [5.74, 6) is 3.73. The Kier molecular flexibility index (Phi) is 7.70.